The van der Waals surface area contributed by atoms with Gasteiger partial charge in [-0.25, -0.2) is 8.42 Å². The van der Waals surface area contributed by atoms with Crippen LogP contribution in [0, 0.1) is 0 Å². The number of aromatic nitrogens is 1. The molecule has 5 rings (SSSR count). The van der Waals surface area contributed by atoms with Gasteiger partial charge in [-0.15, -0.1) is 0 Å². The van der Waals surface area contributed by atoms with E-state index in [2.05, 4.69) is 11.1 Å². The Kier molecular flexibility index (Phi) is 7.90. The first-order chi connectivity index (χ1) is 18.9. The Morgan fingerprint density at radius 3 is 2.38 bits per heavy atom. The maximum Gasteiger partial charge on any atom is 0.243 e. The molecule has 1 aliphatic carbocycles. The van der Waals surface area contributed by atoms with Gasteiger partial charge >= 0.3 is 0 Å². The maximum atomic E-state index is 13.8. The van der Waals surface area contributed by atoms with Crippen molar-refractivity contribution < 1.29 is 22.7 Å². The number of para-hydroxylation sites is 1. The zero-order chi connectivity index (χ0) is 27.4. The van der Waals surface area contributed by atoms with Crippen LogP contribution in [-0.2, 0) is 27.8 Å². The fourth-order valence-corrected chi connectivity index (χ4v) is 6.47. The van der Waals surface area contributed by atoms with Crippen molar-refractivity contribution in [1.82, 2.24) is 14.2 Å². The highest BCUT2D eigenvalue weighted by atomic mass is 32.2. The zero-order valence-corrected chi connectivity index (χ0v) is 23.0. The lowest BCUT2D eigenvalue weighted by Gasteiger charge is -2.28. The van der Waals surface area contributed by atoms with E-state index in [4.69, 9.17) is 9.47 Å². The SMILES string of the molecule is COc1ccc(CN(CCc2c[nH]c3ccccc23)C(=O)CN(C2CC2)S(=O)(=O)c2ccccc2)cc1OC. The molecule has 1 heterocycles. The quantitative estimate of drug-likeness (QED) is 0.280. The molecule has 0 atom stereocenters. The van der Waals surface area contributed by atoms with Gasteiger partial charge in [0.25, 0.3) is 0 Å². The Hall–Kier alpha value is -3.82. The Balaban J connectivity index is 1.41. The number of methoxy groups -OCH3 is 2. The fourth-order valence-electron chi connectivity index (χ4n) is 4.82. The van der Waals surface area contributed by atoms with Crippen molar-refractivity contribution >= 4 is 26.8 Å². The normalized spacial score (nSPS) is 13.5. The van der Waals surface area contributed by atoms with Crippen molar-refractivity contribution in [3.63, 3.8) is 0 Å². The average molecular weight is 548 g/mol. The summed E-state index contributed by atoms with van der Waals surface area (Å²) in [6, 6.07) is 21.8. The van der Waals surface area contributed by atoms with E-state index in [-0.39, 0.29) is 23.4 Å². The summed E-state index contributed by atoms with van der Waals surface area (Å²) in [6.07, 6.45) is 4.10. The molecular formula is C30H33N3O5S. The number of ether oxygens (including phenoxy) is 2. The number of nitrogens with one attached hydrogen (secondary N) is 1. The molecule has 0 bridgehead atoms. The number of fused-ring (bicyclic) bond motifs is 1. The molecule has 0 radical (unpaired) electrons. The van der Waals surface area contributed by atoms with Crippen LogP contribution in [-0.4, -0.2) is 61.9 Å². The largest absolute Gasteiger partial charge is 0.493 e. The minimum absolute atomic E-state index is 0.157. The maximum absolute atomic E-state index is 13.8. The van der Waals surface area contributed by atoms with E-state index in [9.17, 15) is 13.2 Å². The smallest absolute Gasteiger partial charge is 0.243 e. The number of carbonyl (C=O) groups is 1. The highest BCUT2D eigenvalue weighted by molar-refractivity contribution is 7.89. The van der Waals surface area contributed by atoms with E-state index in [1.54, 1.807) is 49.5 Å². The first-order valence-electron chi connectivity index (χ1n) is 13.0. The molecule has 0 unspecified atom stereocenters. The standard InChI is InChI=1S/C30H33N3O5S/c1-37-28-15-12-22(18-29(28)38-2)20-32(17-16-23-19-31-27-11-7-6-10-26(23)27)30(34)21-33(24-13-14-24)39(35,36)25-8-4-3-5-9-25/h3-12,15,18-19,24,31H,13-14,16-17,20-21H2,1-2H3. The summed E-state index contributed by atoms with van der Waals surface area (Å²) in [5.74, 6) is 0.938. The molecule has 39 heavy (non-hydrogen) atoms. The van der Waals surface area contributed by atoms with Crippen molar-refractivity contribution in [2.45, 2.75) is 36.7 Å². The number of nitrogens with zero attached hydrogens (tertiary/aromatic N) is 2. The first kappa shape index (κ1) is 26.8. The number of H-pyrrole nitrogens is 1. The molecule has 3 aromatic carbocycles. The third-order valence-corrected chi connectivity index (χ3v) is 9.01. The summed E-state index contributed by atoms with van der Waals surface area (Å²) < 4.78 is 39.2. The molecule has 204 valence electrons. The Labute approximate surface area is 229 Å². The number of rotatable bonds is 12. The summed E-state index contributed by atoms with van der Waals surface area (Å²) in [6.45, 7) is 0.535. The van der Waals surface area contributed by atoms with Crippen LogP contribution in [0.2, 0.25) is 0 Å². The van der Waals surface area contributed by atoms with Crippen molar-refractivity contribution in [2.24, 2.45) is 0 Å². The number of sulfonamides is 1. The first-order valence-corrected chi connectivity index (χ1v) is 14.5. The highest BCUT2D eigenvalue weighted by Crippen LogP contribution is 2.32. The predicted molar refractivity (Wildman–Crippen MR) is 150 cm³/mol. The van der Waals surface area contributed by atoms with Crippen LogP contribution in [0.15, 0.2) is 83.9 Å². The van der Waals surface area contributed by atoms with Crippen LogP contribution < -0.4 is 9.47 Å². The van der Waals surface area contributed by atoms with Gasteiger partial charge in [0.15, 0.2) is 11.5 Å². The van der Waals surface area contributed by atoms with Gasteiger partial charge in [-0.3, -0.25) is 4.79 Å². The van der Waals surface area contributed by atoms with Crippen molar-refractivity contribution in [1.29, 1.82) is 0 Å². The molecule has 1 aliphatic rings. The summed E-state index contributed by atoms with van der Waals surface area (Å²) in [5.41, 5.74) is 3.01. The molecule has 8 nitrogen and oxygen atoms in total. The van der Waals surface area contributed by atoms with Crippen LogP contribution in [0.4, 0.5) is 0 Å². The molecule has 1 saturated carbocycles. The highest BCUT2D eigenvalue weighted by Gasteiger charge is 2.40. The summed E-state index contributed by atoms with van der Waals surface area (Å²) in [7, 11) is -0.651. The van der Waals surface area contributed by atoms with E-state index in [0.717, 1.165) is 34.9 Å². The van der Waals surface area contributed by atoms with E-state index in [1.807, 2.05) is 42.6 Å². The van der Waals surface area contributed by atoms with Gasteiger partial charge in [0.2, 0.25) is 15.9 Å². The number of carbonyl (C=O) groups excluding carboxylic acids is 1. The summed E-state index contributed by atoms with van der Waals surface area (Å²) >= 11 is 0. The molecule has 1 N–H and O–H groups in total. The van der Waals surface area contributed by atoms with Crippen LogP contribution in [0.3, 0.4) is 0 Å². The van der Waals surface area contributed by atoms with Gasteiger partial charge in [-0.2, -0.15) is 4.31 Å². The lowest BCUT2D eigenvalue weighted by molar-refractivity contribution is -0.132. The van der Waals surface area contributed by atoms with Crippen molar-refractivity contribution in [2.75, 3.05) is 27.3 Å². The third-order valence-electron chi connectivity index (χ3n) is 7.10. The van der Waals surface area contributed by atoms with E-state index < -0.39 is 10.0 Å². The van der Waals surface area contributed by atoms with Crippen LogP contribution >= 0.6 is 0 Å². The van der Waals surface area contributed by atoms with Crippen LogP contribution in [0.1, 0.15) is 24.0 Å². The molecule has 1 amide bonds. The Bertz CT molecular complexity index is 1550. The summed E-state index contributed by atoms with van der Waals surface area (Å²) in [5, 5.41) is 1.11. The third kappa shape index (κ3) is 5.94. The number of benzene rings is 3. The van der Waals surface area contributed by atoms with Crippen molar-refractivity contribution in [3.05, 3.63) is 90.1 Å². The second kappa shape index (κ2) is 11.5. The van der Waals surface area contributed by atoms with E-state index in [0.29, 0.717) is 31.0 Å². The van der Waals surface area contributed by atoms with E-state index in [1.165, 1.54) is 4.31 Å². The zero-order valence-electron chi connectivity index (χ0n) is 22.2. The lowest BCUT2D eigenvalue weighted by atomic mass is 10.1. The van der Waals surface area contributed by atoms with E-state index >= 15 is 0 Å². The molecule has 1 aromatic heterocycles. The number of hydrogen-bond acceptors (Lipinski definition) is 5. The predicted octanol–water partition coefficient (Wildman–Crippen LogP) is 4.61. The van der Waals surface area contributed by atoms with Crippen LogP contribution in [0.25, 0.3) is 10.9 Å². The minimum Gasteiger partial charge on any atom is -0.493 e. The molecule has 0 spiro atoms. The second-order valence-corrected chi connectivity index (χ2v) is 11.6. The monoisotopic (exact) mass is 547 g/mol. The molecule has 1 fully saturated rings. The Morgan fingerprint density at radius 1 is 0.949 bits per heavy atom. The van der Waals surface area contributed by atoms with Gasteiger partial charge in [0.1, 0.15) is 0 Å². The van der Waals surface area contributed by atoms with Gasteiger partial charge in [-0.1, -0.05) is 42.5 Å². The van der Waals surface area contributed by atoms with Gasteiger partial charge < -0.3 is 19.4 Å². The average Bonchev–Trinajstić information content (AvgIpc) is 3.73. The molecule has 4 aromatic rings. The molecule has 0 aliphatic heterocycles. The summed E-state index contributed by atoms with van der Waals surface area (Å²) in [4.78, 5) is 19.1. The van der Waals surface area contributed by atoms with Crippen LogP contribution in [0.5, 0.6) is 11.5 Å². The van der Waals surface area contributed by atoms with Crippen molar-refractivity contribution in [3.8, 4) is 11.5 Å². The number of aromatic amines is 1. The van der Waals surface area contributed by atoms with Gasteiger partial charge in [0, 0.05) is 36.2 Å². The second-order valence-electron chi connectivity index (χ2n) is 9.71. The minimum atomic E-state index is -3.80. The molecular weight excluding hydrogens is 514 g/mol. The number of hydrogen-bond donors (Lipinski definition) is 1. The molecule has 0 saturated heterocycles. The lowest BCUT2D eigenvalue weighted by Crippen LogP contribution is -2.44. The topological polar surface area (TPSA) is 91.9 Å². The molecule has 9 heteroatoms. The Morgan fingerprint density at radius 2 is 1.67 bits per heavy atom. The fraction of sp³-hybridized carbons (Fsp3) is 0.300. The van der Waals surface area contributed by atoms with Gasteiger partial charge in [-0.05, 0) is 60.7 Å². The number of amides is 1. The van der Waals surface area contributed by atoms with Gasteiger partial charge in [0.05, 0.1) is 25.7 Å².